The minimum Gasteiger partial charge on any atom is -0.197 e. The first kappa shape index (κ1) is 14.0. The molecule has 0 saturated heterocycles. The number of unbranched alkanes of at least 4 members (excludes halogenated alkanes) is 6. The number of nitriles is 2. The van der Waals surface area contributed by atoms with Crippen LogP contribution in [0.2, 0.25) is 0 Å². The topological polar surface area (TPSA) is 47.6 Å². The highest BCUT2D eigenvalue weighted by atomic mass is 14.4. The van der Waals surface area contributed by atoms with Gasteiger partial charge >= 0.3 is 0 Å². The SMILES string of the molecule is CCCCCCCCCC(C)(C#N)C#N. The van der Waals surface area contributed by atoms with Crippen molar-refractivity contribution in [2.75, 3.05) is 0 Å². The predicted molar refractivity (Wildman–Crippen MR) is 61.9 cm³/mol. The second kappa shape index (κ2) is 8.30. The van der Waals surface area contributed by atoms with E-state index in [0.717, 1.165) is 12.8 Å². The summed E-state index contributed by atoms with van der Waals surface area (Å²) in [6.45, 7) is 3.94. The monoisotopic (exact) mass is 206 g/mol. The van der Waals surface area contributed by atoms with Crippen LogP contribution in [0.5, 0.6) is 0 Å². The van der Waals surface area contributed by atoms with Crippen LogP contribution in [0.15, 0.2) is 0 Å². The average molecular weight is 206 g/mol. The minimum atomic E-state index is -0.760. The van der Waals surface area contributed by atoms with E-state index in [4.69, 9.17) is 10.5 Å². The molecule has 0 aromatic rings. The molecule has 2 heteroatoms. The normalized spacial score (nSPS) is 10.7. The van der Waals surface area contributed by atoms with Crippen LogP contribution in [0, 0.1) is 28.1 Å². The molecule has 84 valence electrons. The maximum atomic E-state index is 8.79. The van der Waals surface area contributed by atoms with E-state index in [9.17, 15) is 0 Å². The van der Waals surface area contributed by atoms with Gasteiger partial charge in [0, 0.05) is 0 Å². The molecule has 0 heterocycles. The van der Waals surface area contributed by atoms with Crippen LogP contribution in [0.25, 0.3) is 0 Å². The fourth-order valence-electron chi connectivity index (χ4n) is 1.57. The standard InChI is InChI=1S/C13H22N2/c1-3-4-5-6-7-8-9-10-13(2,11-14)12-15/h3-10H2,1-2H3. The lowest BCUT2D eigenvalue weighted by Gasteiger charge is -2.10. The third-order valence-corrected chi connectivity index (χ3v) is 2.77. The lowest BCUT2D eigenvalue weighted by atomic mass is 9.88. The summed E-state index contributed by atoms with van der Waals surface area (Å²) in [4.78, 5) is 0. The van der Waals surface area contributed by atoms with Crippen molar-refractivity contribution in [3.8, 4) is 12.1 Å². The third kappa shape index (κ3) is 6.97. The second-order valence-electron chi connectivity index (χ2n) is 4.43. The Balaban J connectivity index is 3.40. The summed E-state index contributed by atoms with van der Waals surface area (Å²) in [5.74, 6) is 0. The molecule has 0 N–H and O–H groups in total. The highest BCUT2D eigenvalue weighted by Gasteiger charge is 2.21. The van der Waals surface area contributed by atoms with Crippen LogP contribution in [-0.2, 0) is 0 Å². The van der Waals surface area contributed by atoms with E-state index in [2.05, 4.69) is 19.1 Å². The maximum absolute atomic E-state index is 8.79. The van der Waals surface area contributed by atoms with Gasteiger partial charge in [0.15, 0.2) is 0 Å². The summed E-state index contributed by atoms with van der Waals surface area (Å²) < 4.78 is 0. The molecule has 0 saturated carbocycles. The molecule has 0 atom stereocenters. The van der Waals surface area contributed by atoms with Crippen LogP contribution < -0.4 is 0 Å². The van der Waals surface area contributed by atoms with Gasteiger partial charge in [0.25, 0.3) is 0 Å². The van der Waals surface area contributed by atoms with Gasteiger partial charge < -0.3 is 0 Å². The molecule has 0 aromatic carbocycles. The molecule has 0 bridgehead atoms. The lowest BCUT2D eigenvalue weighted by molar-refractivity contribution is 0.475. The fourth-order valence-corrected chi connectivity index (χ4v) is 1.57. The molecule has 0 spiro atoms. The fraction of sp³-hybridized carbons (Fsp3) is 0.846. The van der Waals surface area contributed by atoms with Gasteiger partial charge in [-0.25, -0.2) is 0 Å². The van der Waals surface area contributed by atoms with E-state index in [-0.39, 0.29) is 0 Å². The number of nitrogens with zero attached hydrogens (tertiary/aromatic N) is 2. The summed E-state index contributed by atoms with van der Waals surface area (Å²) in [6, 6.07) is 4.16. The molecule has 0 radical (unpaired) electrons. The molecular formula is C13H22N2. The molecule has 0 unspecified atom stereocenters. The van der Waals surface area contributed by atoms with Crippen molar-refractivity contribution in [1.82, 2.24) is 0 Å². The first-order valence-electron chi connectivity index (χ1n) is 6.01. The molecule has 0 aromatic heterocycles. The summed E-state index contributed by atoms with van der Waals surface area (Å²) in [5.41, 5.74) is -0.760. The molecule has 15 heavy (non-hydrogen) atoms. The third-order valence-electron chi connectivity index (χ3n) is 2.77. The van der Waals surface area contributed by atoms with Gasteiger partial charge in [0.2, 0.25) is 0 Å². The Labute approximate surface area is 93.9 Å². The van der Waals surface area contributed by atoms with E-state index in [1.807, 2.05) is 0 Å². The van der Waals surface area contributed by atoms with E-state index in [1.165, 1.54) is 32.1 Å². The number of hydrogen-bond acceptors (Lipinski definition) is 2. The minimum absolute atomic E-state index is 0.716. The first-order valence-corrected chi connectivity index (χ1v) is 6.01. The molecule has 0 amide bonds. The van der Waals surface area contributed by atoms with Crippen molar-refractivity contribution in [2.45, 2.75) is 65.2 Å². The van der Waals surface area contributed by atoms with E-state index in [0.29, 0.717) is 6.42 Å². The smallest absolute Gasteiger partial charge is 0.141 e. The summed E-state index contributed by atoms with van der Waals surface area (Å²) in [7, 11) is 0. The quantitative estimate of drug-likeness (QED) is 0.559. The molecule has 0 fully saturated rings. The Hall–Kier alpha value is -1.02. The Kier molecular flexibility index (Phi) is 7.74. The van der Waals surface area contributed by atoms with E-state index in [1.54, 1.807) is 6.92 Å². The molecule has 0 aliphatic heterocycles. The van der Waals surface area contributed by atoms with Gasteiger partial charge in [-0.2, -0.15) is 10.5 Å². The summed E-state index contributed by atoms with van der Waals surface area (Å²) >= 11 is 0. The van der Waals surface area contributed by atoms with E-state index < -0.39 is 5.41 Å². The van der Waals surface area contributed by atoms with Crippen molar-refractivity contribution < 1.29 is 0 Å². The van der Waals surface area contributed by atoms with Gasteiger partial charge in [-0.05, 0) is 13.3 Å². The van der Waals surface area contributed by atoms with Crippen molar-refractivity contribution in [2.24, 2.45) is 5.41 Å². The Morgan fingerprint density at radius 3 is 1.80 bits per heavy atom. The molecular weight excluding hydrogens is 184 g/mol. The van der Waals surface area contributed by atoms with Gasteiger partial charge in [-0.3, -0.25) is 0 Å². The van der Waals surface area contributed by atoms with Gasteiger partial charge in [0.05, 0.1) is 12.1 Å². The number of rotatable bonds is 8. The summed E-state index contributed by atoms with van der Waals surface area (Å²) in [5, 5.41) is 17.6. The Morgan fingerprint density at radius 2 is 1.33 bits per heavy atom. The van der Waals surface area contributed by atoms with Crippen molar-refractivity contribution in [1.29, 1.82) is 10.5 Å². The van der Waals surface area contributed by atoms with Crippen molar-refractivity contribution >= 4 is 0 Å². The zero-order valence-corrected chi connectivity index (χ0v) is 10.1. The second-order valence-corrected chi connectivity index (χ2v) is 4.43. The maximum Gasteiger partial charge on any atom is 0.141 e. The van der Waals surface area contributed by atoms with Crippen LogP contribution in [-0.4, -0.2) is 0 Å². The Bertz CT molecular complexity index is 218. The average Bonchev–Trinajstić information content (AvgIpc) is 2.27. The summed E-state index contributed by atoms with van der Waals surface area (Å²) in [6.07, 6.45) is 9.34. The zero-order valence-electron chi connectivity index (χ0n) is 10.1. The zero-order chi connectivity index (χ0) is 11.6. The van der Waals surface area contributed by atoms with Crippen LogP contribution in [0.1, 0.15) is 65.2 Å². The molecule has 0 rings (SSSR count). The van der Waals surface area contributed by atoms with Gasteiger partial charge in [0.1, 0.15) is 5.41 Å². The van der Waals surface area contributed by atoms with Crippen LogP contribution in [0.3, 0.4) is 0 Å². The molecule has 0 aliphatic carbocycles. The van der Waals surface area contributed by atoms with E-state index >= 15 is 0 Å². The highest BCUT2D eigenvalue weighted by Crippen LogP contribution is 2.22. The van der Waals surface area contributed by atoms with Crippen molar-refractivity contribution in [3.63, 3.8) is 0 Å². The van der Waals surface area contributed by atoms with Crippen LogP contribution >= 0.6 is 0 Å². The lowest BCUT2D eigenvalue weighted by Crippen LogP contribution is -2.09. The number of hydrogen-bond donors (Lipinski definition) is 0. The van der Waals surface area contributed by atoms with Crippen molar-refractivity contribution in [3.05, 3.63) is 0 Å². The Morgan fingerprint density at radius 1 is 0.867 bits per heavy atom. The van der Waals surface area contributed by atoms with Crippen LogP contribution in [0.4, 0.5) is 0 Å². The largest absolute Gasteiger partial charge is 0.197 e. The first-order chi connectivity index (χ1) is 7.18. The predicted octanol–water partition coefficient (Wildman–Crippen LogP) is 4.18. The van der Waals surface area contributed by atoms with Gasteiger partial charge in [-0.1, -0.05) is 51.9 Å². The molecule has 2 nitrogen and oxygen atoms in total. The highest BCUT2D eigenvalue weighted by molar-refractivity contribution is 5.10. The van der Waals surface area contributed by atoms with Gasteiger partial charge in [-0.15, -0.1) is 0 Å². The molecule has 0 aliphatic rings.